The van der Waals surface area contributed by atoms with E-state index in [1.165, 1.54) is 0 Å². The first kappa shape index (κ1) is 7.80. The van der Waals surface area contributed by atoms with E-state index in [1.54, 1.807) is 6.08 Å². The van der Waals surface area contributed by atoms with Gasteiger partial charge in [-0.3, -0.25) is 4.79 Å². The zero-order valence-electron chi connectivity index (χ0n) is 7.69. The minimum Gasteiger partial charge on any atom is -0.492 e. The van der Waals surface area contributed by atoms with Gasteiger partial charge in [-0.25, -0.2) is 0 Å². The molecule has 0 N–H and O–H groups in total. The van der Waals surface area contributed by atoms with Gasteiger partial charge < -0.3 is 4.74 Å². The number of carbonyl (C=O) groups is 1. The number of fused-ring (bicyclic) bond motifs is 3. The highest BCUT2D eigenvalue weighted by Crippen LogP contribution is 2.40. The number of hydrogen-bond acceptors (Lipinski definition) is 2. The average molecular weight is 186 g/mol. The van der Waals surface area contributed by atoms with E-state index >= 15 is 0 Å². The van der Waals surface area contributed by atoms with Crippen molar-refractivity contribution in [2.45, 2.75) is 6.42 Å². The summed E-state index contributed by atoms with van der Waals surface area (Å²) < 4.78 is 5.59. The summed E-state index contributed by atoms with van der Waals surface area (Å²) in [6.07, 6.45) is 2.38. The zero-order valence-corrected chi connectivity index (χ0v) is 7.69. The van der Waals surface area contributed by atoms with Gasteiger partial charge in [-0.1, -0.05) is 18.2 Å². The molecule has 0 saturated heterocycles. The van der Waals surface area contributed by atoms with E-state index in [-0.39, 0.29) is 11.7 Å². The number of para-hydroxylation sites is 1. The van der Waals surface area contributed by atoms with Gasteiger partial charge in [0, 0.05) is 17.9 Å². The van der Waals surface area contributed by atoms with Gasteiger partial charge in [0.1, 0.15) is 5.75 Å². The van der Waals surface area contributed by atoms with Crippen molar-refractivity contribution < 1.29 is 9.53 Å². The molecule has 2 aliphatic rings. The molecule has 14 heavy (non-hydrogen) atoms. The molecule has 1 unspecified atom stereocenters. The molecule has 70 valence electrons. The van der Waals surface area contributed by atoms with E-state index in [4.69, 9.17) is 4.74 Å². The van der Waals surface area contributed by atoms with Crippen molar-refractivity contribution in [3.63, 3.8) is 0 Å². The van der Waals surface area contributed by atoms with Crippen molar-refractivity contribution in [2.24, 2.45) is 5.92 Å². The van der Waals surface area contributed by atoms with Crippen molar-refractivity contribution in [1.82, 2.24) is 0 Å². The first-order valence-electron chi connectivity index (χ1n) is 4.81. The fourth-order valence-corrected chi connectivity index (χ4v) is 2.17. The van der Waals surface area contributed by atoms with Crippen molar-refractivity contribution in [3.8, 4) is 5.75 Å². The van der Waals surface area contributed by atoms with Crippen molar-refractivity contribution in [1.29, 1.82) is 0 Å². The summed E-state index contributed by atoms with van der Waals surface area (Å²) in [4.78, 5) is 11.3. The van der Waals surface area contributed by atoms with Gasteiger partial charge in [-0.15, -0.1) is 0 Å². The van der Waals surface area contributed by atoms with Crippen LogP contribution in [0.5, 0.6) is 5.75 Å². The lowest BCUT2D eigenvalue weighted by atomic mass is 9.93. The Labute approximate surface area is 82.2 Å². The van der Waals surface area contributed by atoms with Crippen LogP contribution in [-0.4, -0.2) is 12.4 Å². The maximum Gasteiger partial charge on any atom is 0.156 e. The second-order valence-corrected chi connectivity index (χ2v) is 3.77. The molecule has 0 amide bonds. The smallest absolute Gasteiger partial charge is 0.156 e. The molecule has 1 aliphatic heterocycles. The Kier molecular flexibility index (Phi) is 1.51. The molecule has 1 aromatic rings. The van der Waals surface area contributed by atoms with Crippen LogP contribution in [0.15, 0.2) is 30.3 Å². The largest absolute Gasteiger partial charge is 0.492 e. The standard InChI is InChI=1S/C12H10O2/c13-9-5-8-7-14-12-4-2-1-3-10(12)11(8)6-9/h1-4,6,8H,5,7H2. The number of ketones is 1. The van der Waals surface area contributed by atoms with E-state index in [2.05, 4.69) is 0 Å². The molecule has 2 nitrogen and oxygen atoms in total. The summed E-state index contributed by atoms with van der Waals surface area (Å²) in [5, 5.41) is 0. The minimum atomic E-state index is 0.227. The first-order chi connectivity index (χ1) is 6.84. The van der Waals surface area contributed by atoms with Crippen molar-refractivity contribution in [3.05, 3.63) is 35.9 Å². The van der Waals surface area contributed by atoms with Crippen LogP contribution in [0.1, 0.15) is 12.0 Å². The maximum absolute atomic E-state index is 11.3. The van der Waals surface area contributed by atoms with Crippen molar-refractivity contribution in [2.75, 3.05) is 6.61 Å². The molecule has 0 aromatic heterocycles. The highest BCUT2D eigenvalue weighted by Gasteiger charge is 2.31. The summed E-state index contributed by atoms with van der Waals surface area (Å²) >= 11 is 0. The van der Waals surface area contributed by atoms with Crippen LogP contribution in [-0.2, 0) is 4.79 Å². The van der Waals surface area contributed by atoms with Gasteiger partial charge in [-0.2, -0.15) is 0 Å². The summed E-state index contributed by atoms with van der Waals surface area (Å²) in [5.74, 6) is 1.42. The van der Waals surface area contributed by atoms with Crippen LogP contribution in [0.3, 0.4) is 0 Å². The summed E-state index contributed by atoms with van der Waals surface area (Å²) in [6, 6.07) is 7.91. The predicted molar refractivity (Wildman–Crippen MR) is 53.0 cm³/mol. The van der Waals surface area contributed by atoms with Gasteiger partial charge >= 0.3 is 0 Å². The van der Waals surface area contributed by atoms with Gasteiger partial charge in [0.05, 0.1) is 6.61 Å². The van der Waals surface area contributed by atoms with Crippen LogP contribution in [0.2, 0.25) is 0 Å². The molecule has 3 rings (SSSR count). The molecule has 0 bridgehead atoms. The van der Waals surface area contributed by atoms with Crippen LogP contribution in [0, 0.1) is 5.92 Å². The van der Waals surface area contributed by atoms with E-state index in [0.29, 0.717) is 13.0 Å². The number of hydrogen-bond donors (Lipinski definition) is 0. The van der Waals surface area contributed by atoms with Crippen LogP contribution >= 0.6 is 0 Å². The first-order valence-corrected chi connectivity index (χ1v) is 4.81. The van der Waals surface area contributed by atoms with E-state index < -0.39 is 0 Å². The van der Waals surface area contributed by atoms with Gasteiger partial charge in [0.2, 0.25) is 0 Å². The number of allylic oxidation sites excluding steroid dienone is 1. The molecule has 0 spiro atoms. The summed E-state index contributed by atoms with van der Waals surface area (Å²) in [5.41, 5.74) is 2.26. The fourth-order valence-electron chi connectivity index (χ4n) is 2.17. The molecule has 0 fully saturated rings. The lowest BCUT2D eigenvalue weighted by Gasteiger charge is -2.24. The molecule has 1 aromatic carbocycles. The summed E-state index contributed by atoms with van der Waals surface area (Å²) in [7, 11) is 0. The highest BCUT2D eigenvalue weighted by molar-refractivity contribution is 6.03. The normalized spacial score (nSPS) is 23.6. The van der Waals surface area contributed by atoms with E-state index in [0.717, 1.165) is 16.9 Å². The van der Waals surface area contributed by atoms with Gasteiger partial charge in [0.25, 0.3) is 0 Å². The second kappa shape index (κ2) is 2.71. The number of ether oxygens (including phenoxy) is 1. The summed E-state index contributed by atoms with van der Waals surface area (Å²) in [6.45, 7) is 0.647. The fraction of sp³-hybridized carbons (Fsp3) is 0.250. The number of rotatable bonds is 0. The van der Waals surface area contributed by atoms with Gasteiger partial charge in [0.15, 0.2) is 5.78 Å². The van der Waals surface area contributed by atoms with Crippen LogP contribution in [0.4, 0.5) is 0 Å². The predicted octanol–water partition coefficient (Wildman–Crippen LogP) is 2.05. The topological polar surface area (TPSA) is 26.3 Å². The molecule has 0 saturated carbocycles. The lowest BCUT2D eigenvalue weighted by molar-refractivity contribution is -0.114. The quantitative estimate of drug-likeness (QED) is 0.619. The maximum atomic E-state index is 11.3. The molecule has 1 atom stereocenters. The SMILES string of the molecule is O=C1C=C2c3ccccc3OCC2C1. The molecule has 0 radical (unpaired) electrons. The third kappa shape index (κ3) is 1.00. The van der Waals surface area contributed by atoms with Crippen molar-refractivity contribution >= 4 is 11.4 Å². The third-order valence-corrected chi connectivity index (χ3v) is 2.84. The highest BCUT2D eigenvalue weighted by atomic mass is 16.5. The Balaban J connectivity index is 2.16. The van der Waals surface area contributed by atoms with Crippen LogP contribution < -0.4 is 4.74 Å². The minimum absolute atomic E-state index is 0.227. The zero-order chi connectivity index (χ0) is 9.54. The lowest BCUT2D eigenvalue weighted by Crippen LogP contribution is -2.17. The van der Waals surface area contributed by atoms with E-state index in [9.17, 15) is 4.79 Å². The molecular weight excluding hydrogens is 176 g/mol. The molecule has 2 heteroatoms. The Bertz CT molecular complexity index is 432. The molecule has 1 heterocycles. The van der Waals surface area contributed by atoms with Gasteiger partial charge in [-0.05, 0) is 17.7 Å². The third-order valence-electron chi connectivity index (χ3n) is 2.84. The number of benzene rings is 1. The Morgan fingerprint density at radius 3 is 3.07 bits per heavy atom. The van der Waals surface area contributed by atoms with Crippen LogP contribution in [0.25, 0.3) is 5.57 Å². The Morgan fingerprint density at radius 1 is 1.29 bits per heavy atom. The Morgan fingerprint density at radius 2 is 2.14 bits per heavy atom. The molecule has 1 aliphatic carbocycles. The molecular formula is C12H10O2. The average Bonchev–Trinajstić information content (AvgIpc) is 2.59. The number of carbonyl (C=O) groups excluding carboxylic acids is 1. The monoisotopic (exact) mass is 186 g/mol. The second-order valence-electron chi connectivity index (χ2n) is 3.77. The van der Waals surface area contributed by atoms with E-state index in [1.807, 2.05) is 24.3 Å². The Hall–Kier alpha value is -1.57.